The number of nitrogens with zero attached hydrogens (tertiary/aromatic N) is 1. The van der Waals surface area contributed by atoms with Crippen LogP contribution in [0.1, 0.15) is 34.3 Å². The molecular weight excluding hydrogens is 416 g/mol. The van der Waals surface area contributed by atoms with Gasteiger partial charge in [-0.1, -0.05) is 12.1 Å². The molecule has 12 heteroatoms. The number of hydrogen-bond donors (Lipinski definition) is 9. The molecule has 1 aromatic rings. The minimum Gasteiger partial charge on any atom is -0.368 e. The van der Waals surface area contributed by atoms with Gasteiger partial charge < -0.3 is 42.1 Å². The van der Waals surface area contributed by atoms with E-state index in [2.05, 4.69) is 21.3 Å². The number of hydrogen-bond acceptors (Lipinski definition) is 6. The minimum absolute atomic E-state index is 0.135. The number of rotatable bonds is 3. The molecule has 170 valence electrons. The first kappa shape index (κ1) is 20.5. The second-order valence-corrected chi connectivity index (χ2v) is 8.77. The number of fused-ring (bicyclic) bond motifs is 1. The average Bonchev–Trinajstić information content (AvgIpc) is 3.22. The lowest BCUT2D eigenvalue weighted by Crippen LogP contribution is -2.82. The van der Waals surface area contributed by atoms with E-state index in [0.29, 0.717) is 5.56 Å². The van der Waals surface area contributed by atoms with E-state index < -0.39 is 41.4 Å². The van der Waals surface area contributed by atoms with E-state index in [1.807, 2.05) is 12.1 Å². The highest BCUT2D eigenvalue weighted by Gasteiger charge is 2.74. The Kier molecular flexibility index (Phi) is 4.37. The zero-order chi connectivity index (χ0) is 22.8. The van der Waals surface area contributed by atoms with Gasteiger partial charge in [0.2, 0.25) is 11.7 Å². The zero-order valence-electron chi connectivity index (χ0n) is 17.2. The molecule has 0 bridgehead atoms. The maximum atomic E-state index is 13.2. The lowest BCUT2D eigenvalue weighted by molar-refractivity contribution is -0.231. The third kappa shape index (κ3) is 2.62. The topological polar surface area (TPSA) is 200 Å². The van der Waals surface area contributed by atoms with Gasteiger partial charge in [-0.3, -0.25) is 20.4 Å². The highest BCUT2D eigenvalue weighted by atomic mass is 16.5. The molecule has 4 unspecified atom stereocenters. The van der Waals surface area contributed by atoms with Crippen molar-refractivity contribution in [3.8, 4) is 0 Å². The first-order chi connectivity index (χ1) is 15.2. The Morgan fingerprint density at radius 3 is 2.69 bits per heavy atom. The van der Waals surface area contributed by atoms with Crippen LogP contribution in [0.4, 0.5) is 0 Å². The molecule has 3 saturated heterocycles. The Morgan fingerprint density at radius 2 is 1.94 bits per heavy atom. The summed E-state index contributed by atoms with van der Waals surface area (Å²) in [5.74, 6) is -4.42. The molecule has 1 spiro atoms. The summed E-state index contributed by atoms with van der Waals surface area (Å²) in [7, 11) is 0. The largest absolute Gasteiger partial charge is 0.368 e. The van der Waals surface area contributed by atoms with Crippen LogP contribution in [-0.4, -0.2) is 75.0 Å². The Hall–Kier alpha value is -3.38. The van der Waals surface area contributed by atoms with Crippen molar-refractivity contribution in [1.29, 1.82) is 10.8 Å². The molecule has 1 aromatic carbocycles. The van der Waals surface area contributed by atoms with Gasteiger partial charge >= 0.3 is 0 Å². The number of guanidine groups is 2. The lowest BCUT2D eigenvalue weighted by atomic mass is 9.84. The van der Waals surface area contributed by atoms with Crippen molar-refractivity contribution in [1.82, 2.24) is 26.2 Å². The predicted octanol–water partition coefficient (Wildman–Crippen LogP) is -2.76. The van der Waals surface area contributed by atoms with Crippen molar-refractivity contribution in [3.05, 3.63) is 34.9 Å². The number of nitrogens with one attached hydrogen (secondary N) is 6. The van der Waals surface area contributed by atoms with Crippen LogP contribution in [-0.2, 0) is 17.6 Å². The second kappa shape index (κ2) is 6.81. The molecule has 10 N–H and O–H groups in total. The summed E-state index contributed by atoms with van der Waals surface area (Å²) >= 11 is 0. The van der Waals surface area contributed by atoms with Crippen molar-refractivity contribution < 1.29 is 19.8 Å². The van der Waals surface area contributed by atoms with Crippen LogP contribution in [0.15, 0.2) is 18.2 Å². The number of aliphatic hydroxyl groups is 2. The van der Waals surface area contributed by atoms with Crippen LogP contribution in [0.25, 0.3) is 0 Å². The van der Waals surface area contributed by atoms with Gasteiger partial charge in [0, 0.05) is 12.1 Å². The summed E-state index contributed by atoms with van der Waals surface area (Å²) in [4.78, 5) is 26.5. The molecule has 0 aromatic heterocycles. The molecule has 4 atom stereocenters. The molecule has 3 fully saturated rings. The van der Waals surface area contributed by atoms with E-state index in [-0.39, 0.29) is 18.5 Å². The van der Waals surface area contributed by atoms with Crippen LogP contribution in [0.3, 0.4) is 0 Å². The molecule has 3 heterocycles. The van der Waals surface area contributed by atoms with Crippen LogP contribution in [0.5, 0.6) is 0 Å². The second-order valence-electron chi connectivity index (χ2n) is 8.77. The highest BCUT2D eigenvalue weighted by Crippen LogP contribution is 2.43. The number of amides is 2. The fourth-order valence-corrected chi connectivity index (χ4v) is 5.55. The van der Waals surface area contributed by atoms with E-state index in [1.165, 1.54) is 4.90 Å². The summed E-state index contributed by atoms with van der Waals surface area (Å²) in [5, 5.41) is 49.7. The Bertz CT molecular complexity index is 1040. The Labute approximate surface area is 183 Å². The van der Waals surface area contributed by atoms with Gasteiger partial charge in [0.25, 0.3) is 5.91 Å². The van der Waals surface area contributed by atoms with Crippen molar-refractivity contribution in [2.45, 2.75) is 55.3 Å². The van der Waals surface area contributed by atoms with E-state index in [9.17, 15) is 19.8 Å². The number of carbonyl (C=O) groups is 2. The maximum absolute atomic E-state index is 13.2. The van der Waals surface area contributed by atoms with Crippen LogP contribution in [0, 0.1) is 10.8 Å². The molecule has 2 amide bonds. The molecule has 5 rings (SSSR count). The maximum Gasteiger partial charge on any atom is 0.252 e. The van der Waals surface area contributed by atoms with Crippen molar-refractivity contribution in [2.24, 2.45) is 5.73 Å². The number of benzene rings is 1. The van der Waals surface area contributed by atoms with Crippen LogP contribution in [0.2, 0.25) is 0 Å². The summed E-state index contributed by atoms with van der Waals surface area (Å²) < 4.78 is 0. The summed E-state index contributed by atoms with van der Waals surface area (Å²) in [6, 6.07) is 2.08. The molecule has 3 aliphatic heterocycles. The lowest BCUT2D eigenvalue weighted by Gasteiger charge is -2.50. The molecule has 1 aliphatic carbocycles. The summed E-state index contributed by atoms with van der Waals surface area (Å²) in [5.41, 5.74) is 6.20. The first-order valence-corrected chi connectivity index (χ1v) is 10.6. The minimum atomic E-state index is -2.64. The number of nitrogens with two attached hydrogens (primary N) is 1. The van der Waals surface area contributed by atoms with E-state index in [4.69, 9.17) is 16.6 Å². The Balaban J connectivity index is 1.49. The van der Waals surface area contributed by atoms with Gasteiger partial charge in [-0.2, -0.15) is 0 Å². The van der Waals surface area contributed by atoms with Crippen LogP contribution < -0.4 is 27.0 Å². The van der Waals surface area contributed by atoms with Crippen molar-refractivity contribution in [2.75, 3.05) is 6.54 Å². The number of carbonyl (C=O) groups excluding carboxylic acids is 2. The molecular formula is C20H26N8O4. The van der Waals surface area contributed by atoms with E-state index in [0.717, 1.165) is 36.8 Å². The fourth-order valence-electron chi connectivity index (χ4n) is 5.55. The fraction of sp³-hybridized carbons (Fsp3) is 0.500. The normalized spacial score (nSPS) is 32.1. The zero-order valence-corrected chi connectivity index (χ0v) is 17.2. The molecule has 4 aliphatic rings. The summed E-state index contributed by atoms with van der Waals surface area (Å²) in [6.07, 6.45) is 3.73. The quantitative estimate of drug-likeness (QED) is 0.224. The SMILES string of the molecule is N=C1NC2C(C(N)=O)NC(=N)N3CC(NC(=O)c4cccc5c4CCCC5)C(O)(O)C23N1. The van der Waals surface area contributed by atoms with Gasteiger partial charge in [0.1, 0.15) is 18.1 Å². The molecule has 0 radical (unpaired) electrons. The van der Waals surface area contributed by atoms with Gasteiger partial charge in [-0.25, -0.2) is 0 Å². The van der Waals surface area contributed by atoms with E-state index >= 15 is 0 Å². The van der Waals surface area contributed by atoms with Crippen LogP contribution >= 0.6 is 0 Å². The predicted molar refractivity (Wildman–Crippen MR) is 113 cm³/mol. The number of aryl methyl sites for hydroxylation is 1. The number of primary amides is 1. The van der Waals surface area contributed by atoms with Gasteiger partial charge in [0.05, 0.1) is 0 Å². The highest BCUT2D eigenvalue weighted by molar-refractivity contribution is 5.97. The Morgan fingerprint density at radius 1 is 1.19 bits per heavy atom. The monoisotopic (exact) mass is 442 g/mol. The van der Waals surface area contributed by atoms with Gasteiger partial charge in [-0.05, 0) is 42.9 Å². The van der Waals surface area contributed by atoms with Crippen molar-refractivity contribution in [3.63, 3.8) is 0 Å². The van der Waals surface area contributed by atoms with Gasteiger partial charge in [-0.15, -0.1) is 0 Å². The summed E-state index contributed by atoms with van der Waals surface area (Å²) in [6.45, 7) is -0.135. The standard InChI is InChI=1S/C20H26N8O4/c21-15(29)13-14-19(27-17(22)26-14)20(31,32)12(8-28(19)18(23)25-13)24-16(30)11-7-3-5-9-4-1-2-6-10(9)11/h3,5,7,12-14,31-32H,1-2,4,6,8H2,(H2,21,29)(H2,23,25)(H,24,30)(H3,22,26,27). The third-order valence-corrected chi connectivity index (χ3v) is 7.05. The average molecular weight is 442 g/mol. The molecule has 12 nitrogen and oxygen atoms in total. The molecule has 0 saturated carbocycles. The smallest absolute Gasteiger partial charge is 0.252 e. The van der Waals surface area contributed by atoms with E-state index in [1.54, 1.807) is 6.07 Å². The van der Waals surface area contributed by atoms with Gasteiger partial charge in [0.15, 0.2) is 17.6 Å². The molecule has 32 heavy (non-hydrogen) atoms. The first-order valence-electron chi connectivity index (χ1n) is 10.6. The third-order valence-electron chi connectivity index (χ3n) is 7.05. The van der Waals surface area contributed by atoms with Crippen molar-refractivity contribution >= 4 is 23.7 Å².